The first kappa shape index (κ1) is 12.3. The van der Waals surface area contributed by atoms with Gasteiger partial charge in [-0.05, 0) is 36.8 Å². The summed E-state index contributed by atoms with van der Waals surface area (Å²) in [6.07, 6.45) is 3.74. The van der Waals surface area contributed by atoms with E-state index in [2.05, 4.69) is 22.9 Å². The van der Waals surface area contributed by atoms with E-state index in [-0.39, 0.29) is 0 Å². The molecule has 2 aliphatic rings. The number of nitrogens with zero attached hydrogens (tertiary/aromatic N) is 3. The summed E-state index contributed by atoms with van der Waals surface area (Å²) in [6.45, 7) is 4.66. The molecule has 102 valence electrons. The second-order valence-electron chi connectivity index (χ2n) is 5.44. The molecule has 1 N–H and O–H groups in total. The highest BCUT2D eigenvalue weighted by atomic mass is 16.4. The Bertz CT molecular complexity index is 491. The average Bonchev–Trinajstić information content (AvgIpc) is 3.23. The van der Waals surface area contributed by atoms with Crippen LogP contribution in [0.25, 0.3) is 0 Å². The third-order valence-corrected chi connectivity index (χ3v) is 3.97. The van der Waals surface area contributed by atoms with Crippen LogP contribution in [0.4, 0.5) is 10.6 Å². The maximum absolute atomic E-state index is 10.9. The molecule has 1 aliphatic heterocycles. The lowest BCUT2D eigenvalue weighted by molar-refractivity contribution is 0.142. The fraction of sp³-hybridized carbons (Fsp3) is 0.571. The van der Waals surface area contributed by atoms with Crippen molar-refractivity contribution in [2.45, 2.75) is 25.7 Å². The predicted molar refractivity (Wildman–Crippen MR) is 72.8 cm³/mol. The molecular weight excluding hydrogens is 242 g/mol. The molecule has 5 heteroatoms. The first-order valence-corrected chi connectivity index (χ1v) is 6.84. The Morgan fingerprint density at radius 1 is 1.32 bits per heavy atom. The first-order valence-electron chi connectivity index (χ1n) is 6.84. The van der Waals surface area contributed by atoms with Crippen molar-refractivity contribution >= 4 is 11.9 Å². The summed E-state index contributed by atoms with van der Waals surface area (Å²) in [4.78, 5) is 19.1. The number of hydrogen-bond acceptors (Lipinski definition) is 3. The van der Waals surface area contributed by atoms with Gasteiger partial charge in [0.2, 0.25) is 0 Å². The lowest BCUT2D eigenvalue weighted by atomic mass is 10.1. The van der Waals surface area contributed by atoms with Gasteiger partial charge in [-0.3, -0.25) is 0 Å². The Hall–Kier alpha value is -1.78. The minimum Gasteiger partial charge on any atom is -0.465 e. The van der Waals surface area contributed by atoms with Gasteiger partial charge < -0.3 is 14.9 Å². The SMILES string of the molecule is Cc1cc(C2CC2)cnc1N1CCN(C(=O)O)CC1. The summed E-state index contributed by atoms with van der Waals surface area (Å²) >= 11 is 0. The molecule has 1 amide bonds. The third-order valence-electron chi connectivity index (χ3n) is 3.97. The van der Waals surface area contributed by atoms with Crippen molar-refractivity contribution in [1.29, 1.82) is 0 Å². The number of rotatable bonds is 2. The molecule has 3 rings (SSSR count). The molecule has 1 aromatic heterocycles. The van der Waals surface area contributed by atoms with Gasteiger partial charge in [0.15, 0.2) is 0 Å². The van der Waals surface area contributed by atoms with Gasteiger partial charge in [0.25, 0.3) is 0 Å². The van der Waals surface area contributed by atoms with E-state index in [1.807, 2.05) is 6.20 Å². The zero-order valence-electron chi connectivity index (χ0n) is 11.2. The Labute approximate surface area is 112 Å². The number of hydrogen-bond donors (Lipinski definition) is 1. The lowest BCUT2D eigenvalue weighted by Crippen LogP contribution is -2.48. The smallest absolute Gasteiger partial charge is 0.407 e. The van der Waals surface area contributed by atoms with E-state index in [1.54, 1.807) is 0 Å². The van der Waals surface area contributed by atoms with Crippen molar-refractivity contribution in [3.05, 3.63) is 23.4 Å². The molecule has 2 fully saturated rings. The highest BCUT2D eigenvalue weighted by Crippen LogP contribution is 2.40. The van der Waals surface area contributed by atoms with Crippen LogP contribution in [0.15, 0.2) is 12.3 Å². The lowest BCUT2D eigenvalue weighted by Gasteiger charge is -2.34. The van der Waals surface area contributed by atoms with E-state index in [1.165, 1.54) is 28.9 Å². The van der Waals surface area contributed by atoms with Crippen molar-refractivity contribution in [3.63, 3.8) is 0 Å². The van der Waals surface area contributed by atoms with Crippen LogP contribution in [0.3, 0.4) is 0 Å². The summed E-state index contributed by atoms with van der Waals surface area (Å²) in [5.41, 5.74) is 2.55. The fourth-order valence-electron chi connectivity index (χ4n) is 2.67. The molecule has 1 aromatic rings. The fourth-order valence-corrected chi connectivity index (χ4v) is 2.67. The summed E-state index contributed by atoms with van der Waals surface area (Å²) < 4.78 is 0. The van der Waals surface area contributed by atoms with Gasteiger partial charge in [0.05, 0.1) is 0 Å². The predicted octanol–water partition coefficient (Wildman–Crippen LogP) is 2.07. The van der Waals surface area contributed by atoms with Crippen LogP contribution in [0, 0.1) is 6.92 Å². The molecule has 5 nitrogen and oxygen atoms in total. The van der Waals surface area contributed by atoms with Gasteiger partial charge in [-0.15, -0.1) is 0 Å². The molecule has 19 heavy (non-hydrogen) atoms. The molecule has 1 saturated carbocycles. The highest BCUT2D eigenvalue weighted by molar-refractivity contribution is 5.65. The van der Waals surface area contributed by atoms with E-state index in [9.17, 15) is 4.79 Å². The monoisotopic (exact) mass is 261 g/mol. The summed E-state index contributed by atoms with van der Waals surface area (Å²) in [5.74, 6) is 1.73. The maximum atomic E-state index is 10.9. The van der Waals surface area contributed by atoms with E-state index in [4.69, 9.17) is 5.11 Å². The summed E-state index contributed by atoms with van der Waals surface area (Å²) in [6, 6.07) is 2.24. The van der Waals surface area contributed by atoms with Crippen LogP contribution in [-0.4, -0.2) is 47.3 Å². The number of aromatic nitrogens is 1. The number of pyridine rings is 1. The quantitative estimate of drug-likeness (QED) is 0.885. The molecule has 0 aromatic carbocycles. The van der Waals surface area contributed by atoms with E-state index < -0.39 is 6.09 Å². The van der Waals surface area contributed by atoms with Crippen LogP contribution in [-0.2, 0) is 0 Å². The van der Waals surface area contributed by atoms with E-state index in [0.29, 0.717) is 13.1 Å². The molecule has 0 unspecified atom stereocenters. The number of aryl methyl sites for hydroxylation is 1. The summed E-state index contributed by atoms with van der Waals surface area (Å²) in [7, 11) is 0. The molecule has 1 aliphatic carbocycles. The first-order chi connectivity index (χ1) is 9.15. The van der Waals surface area contributed by atoms with Crippen LogP contribution >= 0.6 is 0 Å². The van der Waals surface area contributed by atoms with Crippen LogP contribution in [0.2, 0.25) is 0 Å². The molecule has 0 radical (unpaired) electrons. The largest absolute Gasteiger partial charge is 0.465 e. The van der Waals surface area contributed by atoms with Gasteiger partial charge in [-0.25, -0.2) is 9.78 Å². The van der Waals surface area contributed by atoms with E-state index >= 15 is 0 Å². The van der Waals surface area contributed by atoms with Gasteiger partial charge >= 0.3 is 6.09 Å². The average molecular weight is 261 g/mol. The zero-order chi connectivity index (χ0) is 13.4. The Balaban J connectivity index is 1.71. The number of anilines is 1. The normalized spacial score (nSPS) is 19.6. The van der Waals surface area contributed by atoms with Crippen LogP contribution in [0.5, 0.6) is 0 Å². The maximum Gasteiger partial charge on any atom is 0.407 e. The Kier molecular flexibility index (Phi) is 3.05. The van der Waals surface area contributed by atoms with Crippen molar-refractivity contribution in [2.24, 2.45) is 0 Å². The molecule has 2 heterocycles. The van der Waals surface area contributed by atoms with Crippen LogP contribution in [0.1, 0.15) is 29.9 Å². The van der Waals surface area contributed by atoms with Crippen molar-refractivity contribution in [3.8, 4) is 0 Å². The second kappa shape index (κ2) is 4.72. The van der Waals surface area contributed by atoms with Crippen molar-refractivity contribution in [1.82, 2.24) is 9.88 Å². The molecular formula is C14H19N3O2. The molecule has 0 atom stereocenters. The Morgan fingerprint density at radius 3 is 2.53 bits per heavy atom. The minimum atomic E-state index is -0.826. The number of carbonyl (C=O) groups is 1. The standard InChI is InChI=1S/C14H19N3O2/c1-10-8-12(11-2-3-11)9-15-13(10)16-4-6-17(7-5-16)14(18)19/h8-9,11H,2-7H2,1H3,(H,18,19). The van der Waals surface area contributed by atoms with Gasteiger partial charge in [0, 0.05) is 32.4 Å². The molecule has 0 bridgehead atoms. The Morgan fingerprint density at radius 2 is 2.00 bits per heavy atom. The number of amides is 1. The van der Waals surface area contributed by atoms with Crippen LogP contribution < -0.4 is 4.90 Å². The van der Waals surface area contributed by atoms with Gasteiger partial charge in [-0.2, -0.15) is 0 Å². The minimum absolute atomic E-state index is 0.556. The second-order valence-corrected chi connectivity index (χ2v) is 5.44. The summed E-state index contributed by atoms with van der Waals surface area (Å²) in [5, 5.41) is 8.95. The van der Waals surface area contributed by atoms with Crippen molar-refractivity contribution in [2.75, 3.05) is 31.1 Å². The zero-order valence-corrected chi connectivity index (χ0v) is 11.2. The third kappa shape index (κ3) is 2.50. The topological polar surface area (TPSA) is 56.7 Å². The van der Waals surface area contributed by atoms with Crippen molar-refractivity contribution < 1.29 is 9.90 Å². The van der Waals surface area contributed by atoms with E-state index in [0.717, 1.165) is 24.8 Å². The van der Waals surface area contributed by atoms with Gasteiger partial charge in [0.1, 0.15) is 5.82 Å². The molecule has 1 saturated heterocycles. The van der Waals surface area contributed by atoms with Gasteiger partial charge in [-0.1, -0.05) is 6.07 Å². The molecule has 0 spiro atoms. The highest BCUT2D eigenvalue weighted by Gasteiger charge is 2.26. The number of carboxylic acid groups (broad SMARTS) is 1. The number of piperazine rings is 1.